The lowest BCUT2D eigenvalue weighted by molar-refractivity contribution is -0.116. The topological polar surface area (TPSA) is 112 Å². The highest BCUT2D eigenvalue weighted by Gasteiger charge is 2.17. The zero-order valence-electron chi connectivity index (χ0n) is 17.3. The molecule has 3 rings (SSSR count). The average Bonchev–Trinajstić information content (AvgIpc) is 3.12. The van der Waals surface area contributed by atoms with Crippen LogP contribution >= 0.6 is 11.3 Å². The molecule has 1 aliphatic heterocycles. The van der Waals surface area contributed by atoms with Crippen LogP contribution in [0, 0.1) is 11.3 Å². The van der Waals surface area contributed by atoms with Gasteiger partial charge in [0, 0.05) is 25.8 Å². The highest BCUT2D eigenvalue weighted by molar-refractivity contribution is 7.07. The Morgan fingerprint density at radius 3 is 2.81 bits per heavy atom. The second-order valence-electron chi connectivity index (χ2n) is 6.68. The summed E-state index contributed by atoms with van der Waals surface area (Å²) in [7, 11) is 0. The van der Waals surface area contributed by atoms with Crippen LogP contribution in [-0.4, -0.2) is 54.7 Å². The molecule has 0 atom stereocenters. The molecule has 2 aromatic rings. The van der Waals surface area contributed by atoms with Gasteiger partial charge < -0.3 is 20.3 Å². The summed E-state index contributed by atoms with van der Waals surface area (Å²) in [4.78, 5) is 31.6. The Labute approximate surface area is 186 Å². The van der Waals surface area contributed by atoms with Crippen LogP contribution in [0.25, 0.3) is 11.8 Å². The largest absolute Gasteiger partial charge is 0.378 e. The number of aromatic nitrogens is 2. The molecular formula is C20H22F2N6O3S. The Bertz CT molecular complexity index is 1180. The van der Waals surface area contributed by atoms with Gasteiger partial charge in [-0.25, -0.2) is 13.8 Å². The summed E-state index contributed by atoms with van der Waals surface area (Å²) in [6, 6.07) is 7.20. The number of rotatable bonds is 7. The number of nitriles is 1. The first-order valence-electron chi connectivity index (χ1n) is 9.91. The van der Waals surface area contributed by atoms with Crippen LogP contribution in [0.15, 0.2) is 23.0 Å². The van der Waals surface area contributed by atoms with Crippen molar-refractivity contribution in [3.05, 3.63) is 37.7 Å². The van der Waals surface area contributed by atoms with E-state index >= 15 is 0 Å². The molecule has 0 spiro atoms. The molecule has 0 aromatic carbocycles. The molecule has 0 unspecified atom stereocenters. The number of hydrogen-bond acceptors (Lipinski definition) is 8. The Kier molecular flexibility index (Phi) is 7.91. The summed E-state index contributed by atoms with van der Waals surface area (Å²) in [6.07, 6.45) is -1.29. The maximum atomic E-state index is 12.8. The normalized spacial score (nSPS) is 15.5. The number of nitrogens with one attached hydrogen (secondary N) is 2. The van der Waals surface area contributed by atoms with Gasteiger partial charge in [-0.2, -0.15) is 5.26 Å². The lowest BCUT2D eigenvalue weighted by Gasteiger charge is -2.27. The van der Waals surface area contributed by atoms with Crippen LogP contribution in [0.2, 0.25) is 0 Å². The van der Waals surface area contributed by atoms with Crippen LogP contribution in [0.3, 0.4) is 0 Å². The van der Waals surface area contributed by atoms with Crippen molar-refractivity contribution in [2.24, 2.45) is 0 Å². The first-order valence-corrected chi connectivity index (χ1v) is 10.7. The molecule has 3 heterocycles. The summed E-state index contributed by atoms with van der Waals surface area (Å²) in [6.45, 7) is 3.74. The van der Waals surface area contributed by atoms with E-state index in [9.17, 15) is 23.6 Å². The first-order chi connectivity index (χ1) is 15.4. The van der Waals surface area contributed by atoms with Gasteiger partial charge >= 0.3 is 0 Å². The van der Waals surface area contributed by atoms with Gasteiger partial charge in [-0.1, -0.05) is 6.07 Å². The van der Waals surface area contributed by atoms with Crippen LogP contribution < -0.4 is 30.3 Å². The van der Waals surface area contributed by atoms with E-state index in [1.54, 1.807) is 19.1 Å². The maximum Gasteiger partial charge on any atom is 0.270 e. The highest BCUT2D eigenvalue weighted by atomic mass is 32.1. The van der Waals surface area contributed by atoms with E-state index in [0.717, 1.165) is 30.2 Å². The van der Waals surface area contributed by atoms with Crippen molar-refractivity contribution in [3.8, 4) is 6.07 Å². The quantitative estimate of drug-likeness (QED) is 0.596. The van der Waals surface area contributed by atoms with Crippen molar-refractivity contribution < 1.29 is 18.3 Å². The summed E-state index contributed by atoms with van der Waals surface area (Å²) in [5, 5.41) is 14.4. The van der Waals surface area contributed by atoms with Crippen molar-refractivity contribution in [2.45, 2.75) is 19.9 Å². The fourth-order valence-corrected chi connectivity index (χ4v) is 4.14. The van der Waals surface area contributed by atoms with Crippen LogP contribution in [0.4, 0.5) is 20.4 Å². The Hall–Kier alpha value is -3.30. The van der Waals surface area contributed by atoms with Crippen LogP contribution in [-0.2, 0) is 16.1 Å². The fourth-order valence-electron chi connectivity index (χ4n) is 3.06. The van der Waals surface area contributed by atoms with E-state index in [4.69, 9.17) is 4.74 Å². The van der Waals surface area contributed by atoms with Gasteiger partial charge in [0.25, 0.3) is 17.9 Å². The van der Waals surface area contributed by atoms with Gasteiger partial charge in [-0.05, 0) is 19.1 Å². The van der Waals surface area contributed by atoms with E-state index in [-0.39, 0.29) is 21.3 Å². The predicted molar refractivity (Wildman–Crippen MR) is 117 cm³/mol. The maximum absolute atomic E-state index is 12.8. The molecule has 1 fully saturated rings. The Morgan fingerprint density at radius 1 is 1.41 bits per heavy atom. The number of amides is 1. The summed E-state index contributed by atoms with van der Waals surface area (Å²) in [5.41, 5.74) is -0.791. The van der Waals surface area contributed by atoms with E-state index in [0.29, 0.717) is 19.0 Å². The van der Waals surface area contributed by atoms with Gasteiger partial charge in [0.15, 0.2) is 5.57 Å². The highest BCUT2D eigenvalue weighted by Crippen LogP contribution is 2.15. The molecule has 1 saturated heterocycles. The molecule has 32 heavy (non-hydrogen) atoms. The minimum atomic E-state index is -2.75. The Balaban J connectivity index is 1.92. The molecule has 0 bridgehead atoms. The predicted octanol–water partition coefficient (Wildman–Crippen LogP) is 0.0670. The van der Waals surface area contributed by atoms with Crippen molar-refractivity contribution >= 4 is 40.7 Å². The minimum absolute atomic E-state index is 0.106. The van der Waals surface area contributed by atoms with Crippen molar-refractivity contribution in [2.75, 3.05) is 43.1 Å². The van der Waals surface area contributed by atoms with Crippen molar-refractivity contribution in [1.29, 1.82) is 5.26 Å². The van der Waals surface area contributed by atoms with E-state index < -0.39 is 24.4 Å². The molecule has 2 N–H and O–H groups in total. The van der Waals surface area contributed by atoms with Crippen molar-refractivity contribution in [1.82, 2.24) is 14.9 Å². The number of carbonyl (C=O) groups excluding carboxylic acids is 1. The van der Waals surface area contributed by atoms with Gasteiger partial charge in [0.1, 0.15) is 26.9 Å². The number of alkyl halides is 2. The number of ether oxygens (including phenoxy) is 1. The molecule has 2 aromatic heterocycles. The van der Waals surface area contributed by atoms with Gasteiger partial charge in [-0.3, -0.25) is 14.2 Å². The molecule has 12 heteroatoms. The second-order valence-corrected chi connectivity index (χ2v) is 7.71. The van der Waals surface area contributed by atoms with E-state index in [1.807, 2.05) is 17.4 Å². The number of anilines is 2. The first kappa shape index (κ1) is 23.4. The monoisotopic (exact) mass is 464 g/mol. The smallest absolute Gasteiger partial charge is 0.270 e. The number of pyridine rings is 1. The van der Waals surface area contributed by atoms with Crippen LogP contribution in [0.5, 0.6) is 0 Å². The summed E-state index contributed by atoms with van der Waals surface area (Å²) >= 11 is 0.927. The van der Waals surface area contributed by atoms with Gasteiger partial charge in [0.2, 0.25) is 0 Å². The molecule has 0 aliphatic carbocycles. The molecule has 170 valence electrons. The summed E-state index contributed by atoms with van der Waals surface area (Å²) < 4.78 is 31.8. The third-order valence-electron chi connectivity index (χ3n) is 4.61. The van der Waals surface area contributed by atoms with E-state index in [2.05, 4.69) is 15.2 Å². The number of thiazole rings is 1. The average molecular weight is 464 g/mol. The number of morpholine rings is 1. The van der Waals surface area contributed by atoms with Crippen LogP contribution in [0.1, 0.15) is 6.92 Å². The number of carbonyl (C=O) groups is 1. The number of nitrogens with zero attached hydrogens (tertiary/aromatic N) is 4. The molecule has 0 saturated carbocycles. The van der Waals surface area contributed by atoms with E-state index in [1.165, 1.54) is 10.8 Å². The molecule has 0 radical (unpaired) electrons. The SMILES string of the molecule is CCn1c(=C(C#N)C(=O)NCC(F)F)sc(=CNc2cccc(N3CCOCC3)n2)c1=O. The van der Waals surface area contributed by atoms with Gasteiger partial charge in [-0.15, -0.1) is 11.3 Å². The summed E-state index contributed by atoms with van der Waals surface area (Å²) in [5.74, 6) is 0.349. The minimum Gasteiger partial charge on any atom is -0.378 e. The third kappa shape index (κ3) is 5.49. The molecular weight excluding hydrogens is 442 g/mol. The zero-order chi connectivity index (χ0) is 23.1. The second kappa shape index (κ2) is 10.8. The zero-order valence-corrected chi connectivity index (χ0v) is 18.1. The standard InChI is InChI=1S/C20H22F2N6O3S/c1-2-28-19(30)14(32-20(28)13(10-23)18(29)25-12-15(21)22)11-24-16-4-3-5-17(26-16)27-6-8-31-9-7-27/h3-5,11,15H,2,6-9,12H2,1H3,(H,24,26)(H,25,29). The molecule has 1 amide bonds. The number of halogens is 2. The fraction of sp³-hybridized carbons (Fsp3) is 0.400. The Morgan fingerprint density at radius 2 is 2.16 bits per heavy atom. The van der Waals surface area contributed by atoms with Crippen molar-refractivity contribution in [3.63, 3.8) is 0 Å². The molecule has 9 nitrogen and oxygen atoms in total. The lowest BCUT2D eigenvalue weighted by atomic mass is 10.3. The molecule has 1 aliphatic rings. The van der Waals surface area contributed by atoms with Gasteiger partial charge in [0.05, 0.1) is 19.8 Å². The third-order valence-corrected chi connectivity index (χ3v) is 5.74. The number of hydrogen-bond donors (Lipinski definition) is 2. The lowest BCUT2D eigenvalue weighted by Crippen LogP contribution is -2.36.